The zero-order chi connectivity index (χ0) is 18.1. The molecule has 0 unspecified atom stereocenters. The number of nitrogens with zero attached hydrogens (tertiary/aromatic N) is 1. The smallest absolute Gasteiger partial charge is 0.213 e. The molecule has 148 valence electrons. The molecule has 1 aromatic carbocycles. The maximum Gasteiger partial charge on any atom is 0.213 e. The van der Waals surface area contributed by atoms with Crippen LogP contribution in [0.4, 0.5) is 0 Å². The summed E-state index contributed by atoms with van der Waals surface area (Å²) in [7, 11) is -1.54. The number of hydrogen-bond acceptors (Lipinski definition) is 3. The number of nitrogens with one attached hydrogen (secondary N) is 3. The highest BCUT2D eigenvalue weighted by Gasteiger charge is 2.20. The third-order valence-electron chi connectivity index (χ3n) is 4.65. The molecule has 6 nitrogen and oxygen atoms in total. The Kier molecular flexibility index (Phi) is 10.5. The number of aliphatic imine (C=N–C) groups is 1. The number of rotatable bonds is 9. The molecule has 0 radical (unpaired) electrons. The van der Waals surface area contributed by atoms with Gasteiger partial charge in [0.25, 0.3) is 0 Å². The van der Waals surface area contributed by atoms with Crippen LogP contribution in [-0.2, 0) is 23.0 Å². The monoisotopic (exact) mass is 494 g/mol. The number of benzene rings is 1. The van der Waals surface area contributed by atoms with Crippen LogP contribution in [-0.4, -0.2) is 40.3 Å². The van der Waals surface area contributed by atoms with Crippen LogP contribution in [0.5, 0.6) is 0 Å². The Balaban J connectivity index is 0.00000338. The standard InChI is InChI=1S/C18H30N4O2S.HI/c1-3-16-9-4-5-10-17(16)14-21-18(19-2)20-11-12-25(23,24)22-13-15-7-6-8-15;/h4-5,9-10,15,22H,3,6-8,11-14H2,1-2H3,(H2,19,20,21);1H. The van der Waals surface area contributed by atoms with Crippen molar-refractivity contribution in [3.05, 3.63) is 35.4 Å². The molecule has 1 aromatic rings. The van der Waals surface area contributed by atoms with Gasteiger partial charge in [-0.05, 0) is 36.3 Å². The first-order chi connectivity index (χ1) is 12.0. The molecule has 0 amide bonds. The fraction of sp³-hybridized carbons (Fsp3) is 0.611. The third-order valence-corrected chi connectivity index (χ3v) is 6.00. The van der Waals surface area contributed by atoms with Crippen molar-refractivity contribution in [2.24, 2.45) is 10.9 Å². The molecule has 0 atom stereocenters. The molecule has 0 saturated heterocycles. The molecule has 0 aliphatic heterocycles. The minimum Gasteiger partial charge on any atom is -0.355 e. The second-order valence-corrected chi connectivity index (χ2v) is 8.37. The lowest BCUT2D eigenvalue weighted by Gasteiger charge is -2.25. The van der Waals surface area contributed by atoms with Gasteiger partial charge in [0.2, 0.25) is 10.0 Å². The molecular formula is C18H31IN4O2S. The lowest BCUT2D eigenvalue weighted by molar-refractivity contribution is 0.316. The van der Waals surface area contributed by atoms with Crippen LogP contribution >= 0.6 is 24.0 Å². The molecule has 1 fully saturated rings. The third kappa shape index (κ3) is 7.79. The van der Waals surface area contributed by atoms with E-state index >= 15 is 0 Å². The van der Waals surface area contributed by atoms with E-state index in [4.69, 9.17) is 0 Å². The molecular weight excluding hydrogens is 463 g/mol. The summed E-state index contributed by atoms with van der Waals surface area (Å²) in [4.78, 5) is 4.15. The van der Waals surface area contributed by atoms with Crippen molar-refractivity contribution >= 4 is 40.0 Å². The first kappa shape index (κ1) is 23.2. The number of halogens is 1. The molecule has 0 spiro atoms. The summed E-state index contributed by atoms with van der Waals surface area (Å²) < 4.78 is 26.7. The normalized spacial score (nSPS) is 15.1. The van der Waals surface area contributed by atoms with Crippen molar-refractivity contribution in [1.82, 2.24) is 15.4 Å². The minimum atomic E-state index is -3.23. The quantitative estimate of drug-likeness (QED) is 0.280. The summed E-state index contributed by atoms with van der Waals surface area (Å²) >= 11 is 0. The fourth-order valence-corrected chi connectivity index (χ4v) is 3.80. The molecule has 1 aliphatic carbocycles. The second-order valence-electron chi connectivity index (χ2n) is 6.44. The molecule has 0 bridgehead atoms. The van der Waals surface area contributed by atoms with Gasteiger partial charge in [-0.2, -0.15) is 0 Å². The highest BCUT2D eigenvalue weighted by Crippen LogP contribution is 2.25. The van der Waals surface area contributed by atoms with Crippen LogP contribution in [0, 0.1) is 5.92 Å². The number of aryl methyl sites for hydroxylation is 1. The molecule has 0 aromatic heterocycles. The average molecular weight is 494 g/mol. The Morgan fingerprint density at radius 1 is 1.19 bits per heavy atom. The zero-order valence-electron chi connectivity index (χ0n) is 15.6. The molecule has 26 heavy (non-hydrogen) atoms. The lowest BCUT2D eigenvalue weighted by atomic mass is 9.86. The fourth-order valence-electron chi connectivity index (χ4n) is 2.79. The Hall–Kier alpha value is -0.870. The summed E-state index contributed by atoms with van der Waals surface area (Å²) in [5.74, 6) is 1.18. The van der Waals surface area contributed by atoms with E-state index in [9.17, 15) is 8.42 Å². The van der Waals surface area contributed by atoms with Crippen LogP contribution < -0.4 is 15.4 Å². The Bertz CT molecular complexity index is 676. The van der Waals surface area contributed by atoms with Crippen LogP contribution in [0.2, 0.25) is 0 Å². The van der Waals surface area contributed by atoms with Gasteiger partial charge >= 0.3 is 0 Å². The predicted molar refractivity (Wildman–Crippen MR) is 119 cm³/mol. The van der Waals surface area contributed by atoms with E-state index in [0.717, 1.165) is 19.3 Å². The van der Waals surface area contributed by atoms with Crippen molar-refractivity contribution in [1.29, 1.82) is 0 Å². The first-order valence-corrected chi connectivity index (χ1v) is 10.7. The van der Waals surface area contributed by atoms with Gasteiger partial charge in [-0.15, -0.1) is 24.0 Å². The van der Waals surface area contributed by atoms with Gasteiger partial charge in [-0.25, -0.2) is 13.1 Å². The first-order valence-electron chi connectivity index (χ1n) is 9.02. The van der Waals surface area contributed by atoms with E-state index in [1.165, 1.54) is 17.5 Å². The van der Waals surface area contributed by atoms with Crippen molar-refractivity contribution in [2.45, 2.75) is 39.2 Å². The summed E-state index contributed by atoms with van der Waals surface area (Å²) in [6, 6.07) is 8.27. The largest absolute Gasteiger partial charge is 0.355 e. The summed E-state index contributed by atoms with van der Waals surface area (Å²) in [5.41, 5.74) is 2.52. The zero-order valence-corrected chi connectivity index (χ0v) is 18.8. The Labute approximate surface area is 174 Å². The SMILES string of the molecule is CCc1ccccc1CNC(=NC)NCCS(=O)(=O)NCC1CCC1.I. The molecule has 0 heterocycles. The van der Waals surface area contributed by atoms with E-state index in [-0.39, 0.29) is 29.7 Å². The Morgan fingerprint density at radius 3 is 2.46 bits per heavy atom. The van der Waals surface area contributed by atoms with Gasteiger partial charge < -0.3 is 10.6 Å². The van der Waals surface area contributed by atoms with Gasteiger partial charge in [0.05, 0.1) is 5.75 Å². The second kappa shape index (κ2) is 11.8. The van der Waals surface area contributed by atoms with Gasteiger partial charge in [0, 0.05) is 26.7 Å². The highest BCUT2D eigenvalue weighted by molar-refractivity contribution is 14.0. The highest BCUT2D eigenvalue weighted by atomic mass is 127. The van der Waals surface area contributed by atoms with Gasteiger partial charge in [0.1, 0.15) is 0 Å². The summed E-state index contributed by atoms with van der Waals surface area (Å²) in [6.07, 6.45) is 4.47. The van der Waals surface area contributed by atoms with E-state index in [1.807, 2.05) is 12.1 Å². The topological polar surface area (TPSA) is 82.6 Å². The molecule has 1 saturated carbocycles. The maximum absolute atomic E-state index is 12.0. The number of hydrogen-bond donors (Lipinski definition) is 3. The summed E-state index contributed by atoms with van der Waals surface area (Å²) in [6.45, 7) is 3.70. The van der Waals surface area contributed by atoms with E-state index in [2.05, 4.69) is 39.4 Å². The number of sulfonamides is 1. The van der Waals surface area contributed by atoms with Crippen LogP contribution in [0.25, 0.3) is 0 Å². The van der Waals surface area contributed by atoms with Crippen LogP contribution in [0.15, 0.2) is 29.3 Å². The van der Waals surface area contributed by atoms with Crippen molar-refractivity contribution in [3.63, 3.8) is 0 Å². The van der Waals surface area contributed by atoms with E-state index in [0.29, 0.717) is 31.5 Å². The average Bonchev–Trinajstić information content (AvgIpc) is 2.56. The molecule has 1 aliphatic rings. The summed E-state index contributed by atoms with van der Waals surface area (Å²) in [5, 5.41) is 6.31. The maximum atomic E-state index is 12.0. The van der Waals surface area contributed by atoms with E-state index < -0.39 is 10.0 Å². The molecule has 3 N–H and O–H groups in total. The van der Waals surface area contributed by atoms with E-state index in [1.54, 1.807) is 7.05 Å². The van der Waals surface area contributed by atoms with Gasteiger partial charge in [0.15, 0.2) is 5.96 Å². The van der Waals surface area contributed by atoms with Crippen LogP contribution in [0.3, 0.4) is 0 Å². The van der Waals surface area contributed by atoms with Gasteiger partial charge in [-0.1, -0.05) is 37.6 Å². The van der Waals surface area contributed by atoms with Crippen molar-refractivity contribution in [3.8, 4) is 0 Å². The minimum absolute atomic E-state index is 0. The van der Waals surface area contributed by atoms with Crippen molar-refractivity contribution < 1.29 is 8.42 Å². The Morgan fingerprint density at radius 2 is 1.88 bits per heavy atom. The van der Waals surface area contributed by atoms with Crippen LogP contribution in [0.1, 0.15) is 37.3 Å². The van der Waals surface area contributed by atoms with Crippen molar-refractivity contribution in [2.75, 3.05) is 25.9 Å². The number of guanidine groups is 1. The van der Waals surface area contributed by atoms with Gasteiger partial charge in [-0.3, -0.25) is 4.99 Å². The lowest BCUT2D eigenvalue weighted by Crippen LogP contribution is -2.41. The molecule has 2 rings (SSSR count). The predicted octanol–water partition coefficient (Wildman–Crippen LogP) is 2.25. The molecule has 8 heteroatoms.